The molecule has 1 aromatic rings. The second-order valence-electron chi connectivity index (χ2n) is 4.84. The molecule has 1 aromatic carbocycles. The lowest BCUT2D eigenvalue weighted by Gasteiger charge is -2.18. The summed E-state index contributed by atoms with van der Waals surface area (Å²) in [6.45, 7) is 1.37. The van der Waals surface area contributed by atoms with Crippen LogP contribution in [0.1, 0.15) is 18.4 Å². The van der Waals surface area contributed by atoms with Gasteiger partial charge in [0, 0.05) is 6.61 Å². The van der Waals surface area contributed by atoms with E-state index in [2.05, 4.69) is 0 Å². The normalized spacial score (nSPS) is 24.9. The van der Waals surface area contributed by atoms with Gasteiger partial charge in [-0.15, -0.1) is 0 Å². The zero-order valence-corrected chi connectivity index (χ0v) is 12.6. The summed E-state index contributed by atoms with van der Waals surface area (Å²) in [5.74, 6) is -0.000599. The van der Waals surface area contributed by atoms with Crippen LogP contribution in [0.5, 0.6) is 0 Å². The molecule has 1 atom stereocenters. The third-order valence-corrected chi connectivity index (χ3v) is 4.76. The predicted octanol–water partition coefficient (Wildman–Crippen LogP) is 3.07. The predicted molar refractivity (Wildman–Crippen MR) is 85.3 cm³/mol. The van der Waals surface area contributed by atoms with Crippen LogP contribution in [-0.4, -0.2) is 34.4 Å². The van der Waals surface area contributed by atoms with Gasteiger partial charge in [-0.25, -0.2) is 0 Å². The van der Waals surface area contributed by atoms with Crippen molar-refractivity contribution >= 4 is 40.3 Å². The molecule has 3 rings (SSSR count). The fourth-order valence-electron chi connectivity index (χ4n) is 2.35. The summed E-state index contributed by atoms with van der Waals surface area (Å²) in [6, 6.07) is 9.83. The molecular weight excluding hydrogens is 290 g/mol. The Balaban J connectivity index is 1.74. The Labute approximate surface area is 128 Å². The zero-order chi connectivity index (χ0) is 13.9. The van der Waals surface area contributed by atoms with Crippen molar-refractivity contribution in [1.29, 1.82) is 0 Å². The van der Waals surface area contributed by atoms with Crippen LogP contribution in [0.4, 0.5) is 0 Å². The highest BCUT2D eigenvalue weighted by molar-refractivity contribution is 8.26. The van der Waals surface area contributed by atoms with Gasteiger partial charge in [0.05, 0.1) is 17.6 Å². The van der Waals surface area contributed by atoms with E-state index in [-0.39, 0.29) is 12.0 Å². The summed E-state index contributed by atoms with van der Waals surface area (Å²) in [7, 11) is 0. The molecule has 0 unspecified atom stereocenters. The molecule has 2 heterocycles. The first-order valence-corrected chi connectivity index (χ1v) is 7.88. The number of thiocarbonyl (C=S) groups is 1. The maximum atomic E-state index is 12.4. The average Bonchev–Trinajstić information content (AvgIpc) is 3.05. The largest absolute Gasteiger partial charge is 0.376 e. The second kappa shape index (κ2) is 6.08. The Morgan fingerprint density at radius 1 is 1.40 bits per heavy atom. The van der Waals surface area contributed by atoms with E-state index in [4.69, 9.17) is 17.0 Å². The molecule has 0 radical (unpaired) electrons. The standard InChI is InChI=1S/C15H15NO2S2/c17-14-13(9-11-5-2-1-3-6-11)20-15(19)16(14)10-12-7-4-8-18-12/h1-3,5-6,9,12H,4,7-8,10H2/b13-9-/t12-/m1/s1. The SMILES string of the molecule is O=C1/C(=C/c2ccccc2)SC(=S)N1C[C@H]1CCCO1. The lowest BCUT2D eigenvalue weighted by atomic mass is 10.2. The van der Waals surface area contributed by atoms with Gasteiger partial charge >= 0.3 is 0 Å². The van der Waals surface area contributed by atoms with Gasteiger partial charge in [-0.2, -0.15) is 0 Å². The highest BCUT2D eigenvalue weighted by Gasteiger charge is 2.34. The van der Waals surface area contributed by atoms with Crippen molar-refractivity contribution in [2.45, 2.75) is 18.9 Å². The first-order chi connectivity index (χ1) is 9.74. The number of hydrogen-bond acceptors (Lipinski definition) is 4. The molecule has 0 spiro atoms. The van der Waals surface area contributed by atoms with Crippen molar-refractivity contribution in [3.8, 4) is 0 Å². The average molecular weight is 305 g/mol. The van der Waals surface area contributed by atoms with Crippen molar-refractivity contribution in [3.05, 3.63) is 40.8 Å². The van der Waals surface area contributed by atoms with Crippen molar-refractivity contribution in [3.63, 3.8) is 0 Å². The summed E-state index contributed by atoms with van der Waals surface area (Å²) in [4.78, 5) is 14.8. The van der Waals surface area contributed by atoms with E-state index in [1.807, 2.05) is 36.4 Å². The molecule has 0 saturated carbocycles. The van der Waals surface area contributed by atoms with Crippen LogP contribution in [0, 0.1) is 0 Å². The highest BCUT2D eigenvalue weighted by atomic mass is 32.2. The molecule has 0 N–H and O–H groups in total. The lowest BCUT2D eigenvalue weighted by molar-refractivity contribution is -0.123. The third-order valence-electron chi connectivity index (χ3n) is 3.38. The maximum absolute atomic E-state index is 12.4. The Hall–Kier alpha value is -1.17. The van der Waals surface area contributed by atoms with E-state index in [9.17, 15) is 4.79 Å². The molecule has 2 saturated heterocycles. The summed E-state index contributed by atoms with van der Waals surface area (Å²) in [6.07, 6.45) is 4.11. The molecule has 0 aromatic heterocycles. The van der Waals surface area contributed by atoms with Gasteiger partial charge in [-0.1, -0.05) is 54.3 Å². The number of amides is 1. The first-order valence-electron chi connectivity index (χ1n) is 6.66. The van der Waals surface area contributed by atoms with Crippen LogP contribution < -0.4 is 0 Å². The van der Waals surface area contributed by atoms with E-state index in [0.29, 0.717) is 15.8 Å². The van der Waals surface area contributed by atoms with Gasteiger partial charge in [0.25, 0.3) is 5.91 Å². The van der Waals surface area contributed by atoms with Crippen molar-refractivity contribution in [2.75, 3.05) is 13.2 Å². The Bertz CT molecular complexity index is 550. The Morgan fingerprint density at radius 2 is 2.20 bits per heavy atom. The maximum Gasteiger partial charge on any atom is 0.266 e. The monoisotopic (exact) mass is 305 g/mol. The smallest absolute Gasteiger partial charge is 0.266 e. The quantitative estimate of drug-likeness (QED) is 0.634. The van der Waals surface area contributed by atoms with E-state index >= 15 is 0 Å². The summed E-state index contributed by atoms with van der Waals surface area (Å²) < 4.78 is 6.21. The number of thioether (sulfide) groups is 1. The topological polar surface area (TPSA) is 29.5 Å². The number of hydrogen-bond donors (Lipinski definition) is 0. The van der Waals surface area contributed by atoms with Crippen LogP contribution >= 0.6 is 24.0 Å². The molecule has 3 nitrogen and oxygen atoms in total. The van der Waals surface area contributed by atoms with Crippen molar-refractivity contribution in [1.82, 2.24) is 4.90 Å². The van der Waals surface area contributed by atoms with E-state index in [1.54, 1.807) is 4.90 Å². The number of ether oxygens (including phenoxy) is 1. The minimum atomic E-state index is -0.000599. The molecular formula is C15H15NO2S2. The van der Waals surface area contributed by atoms with Crippen molar-refractivity contribution in [2.24, 2.45) is 0 Å². The van der Waals surface area contributed by atoms with Crippen LogP contribution in [0.15, 0.2) is 35.2 Å². The van der Waals surface area contributed by atoms with Crippen LogP contribution in [-0.2, 0) is 9.53 Å². The van der Waals surface area contributed by atoms with Gasteiger partial charge in [0.15, 0.2) is 0 Å². The Kier molecular flexibility index (Phi) is 4.19. The van der Waals surface area contributed by atoms with Gasteiger partial charge in [0.1, 0.15) is 4.32 Å². The summed E-state index contributed by atoms with van der Waals surface area (Å²) in [5.41, 5.74) is 1.02. The van der Waals surface area contributed by atoms with Crippen LogP contribution in [0.3, 0.4) is 0 Å². The fraction of sp³-hybridized carbons (Fsp3) is 0.333. The van der Waals surface area contributed by atoms with Gasteiger partial charge in [-0.05, 0) is 24.5 Å². The number of nitrogens with zero attached hydrogens (tertiary/aromatic N) is 1. The Morgan fingerprint density at radius 3 is 2.90 bits per heavy atom. The van der Waals surface area contributed by atoms with E-state index in [0.717, 1.165) is 25.0 Å². The van der Waals surface area contributed by atoms with Crippen molar-refractivity contribution < 1.29 is 9.53 Å². The summed E-state index contributed by atoms with van der Waals surface area (Å²) >= 11 is 6.69. The number of carbonyl (C=O) groups excluding carboxylic acids is 1. The molecule has 5 heteroatoms. The zero-order valence-electron chi connectivity index (χ0n) is 11.0. The van der Waals surface area contributed by atoms with Gasteiger partial charge in [0.2, 0.25) is 0 Å². The van der Waals surface area contributed by atoms with Crippen LogP contribution in [0.2, 0.25) is 0 Å². The van der Waals surface area contributed by atoms with Crippen LogP contribution in [0.25, 0.3) is 6.08 Å². The molecule has 0 aliphatic carbocycles. The van der Waals surface area contributed by atoms with Gasteiger partial charge < -0.3 is 4.74 Å². The molecule has 0 bridgehead atoms. The molecule has 2 fully saturated rings. The minimum Gasteiger partial charge on any atom is -0.376 e. The summed E-state index contributed by atoms with van der Waals surface area (Å²) in [5, 5.41) is 0. The number of rotatable bonds is 3. The molecule has 2 aliphatic heterocycles. The second-order valence-corrected chi connectivity index (χ2v) is 6.51. The third kappa shape index (κ3) is 2.95. The number of carbonyl (C=O) groups is 1. The first kappa shape index (κ1) is 13.8. The highest BCUT2D eigenvalue weighted by Crippen LogP contribution is 2.33. The number of benzene rings is 1. The minimum absolute atomic E-state index is 0.000599. The lowest BCUT2D eigenvalue weighted by Crippen LogP contribution is -2.35. The van der Waals surface area contributed by atoms with E-state index in [1.165, 1.54) is 11.8 Å². The van der Waals surface area contributed by atoms with Gasteiger partial charge in [-0.3, -0.25) is 9.69 Å². The molecule has 20 heavy (non-hydrogen) atoms. The fourth-order valence-corrected chi connectivity index (χ4v) is 3.63. The van der Waals surface area contributed by atoms with E-state index < -0.39 is 0 Å². The molecule has 2 aliphatic rings. The molecule has 104 valence electrons. The molecule has 1 amide bonds.